The van der Waals surface area contributed by atoms with Crippen LogP contribution in [0.1, 0.15) is 5.56 Å². The molecule has 0 aliphatic rings. The number of ether oxygens (including phenoxy) is 1. The molecule has 100 valence electrons. The Morgan fingerprint density at radius 3 is 2.53 bits per heavy atom. The van der Waals surface area contributed by atoms with Crippen LogP contribution in [0.3, 0.4) is 0 Å². The van der Waals surface area contributed by atoms with Gasteiger partial charge < -0.3 is 10.5 Å². The van der Waals surface area contributed by atoms with E-state index in [-0.39, 0.29) is 10.6 Å². The number of anilines is 1. The molecule has 0 aliphatic heterocycles. The van der Waals surface area contributed by atoms with E-state index in [0.717, 1.165) is 0 Å². The molecule has 0 aliphatic carbocycles. The molecule has 0 unspecified atom stereocenters. The highest BCUT2D eigenvalue weighted by Crippen LogP contribution is 2.26. The van der Waals surface area contributed by atoms with Gasteiger partial charge in [-0.3, -0.25) is 0 Å². The average Bonchev–Trinajstić information content (AvgIpc) is 2.38. The number of rotatable bonds is 4. The number of para-hydroxylation sites is 1. The van der Waals surface area contributed by atoms with Gasteiger partial charge in [-0.25, -0.2) is 8.42 Å². The van der Waals surface area contributed by atoms with Crippen LogP contribution in [-0.2, 0) is 15.6 Å². The monoisotopic (exact) mass is 277 g/mol. The maximum absolute atomic E-state index is 12.4. The van der Waals surface area contributed by atoms with E-state index in [2.05, 4.69) is 0 Å². The van der Waals surface area contributed by atoms with Crippen molar-refractivity contribution in [3.8, 4) is 5.75 Å². The lowest BCUT2D eigenvalue weighted by molar-refractivity contribution is 0.402. The van der Waals surface area contributed by atoms with Gasteiger partial charge in [0.15, 0.2) is 9.84 Å². The number of nitrogen functional groups attached to an aromatic ring is 1. The molecule has 2 aromatic carbocycles. The molecule has 0 fully saturated rings. The molecular formula is C14H15NO3S. The van der Waals surface area contributed by atoms with Crippen molar-refractivity contribution in [1.29, 1.82) is 0 Å². The number of nitrogens with two attached hydrogens (primary N) is 1. The summed E-state index contributed by atoms with van der Waals surface area (Å²) in [6, 6.07) is 13.4. The van der Waals surface area contributed by atoms with Crippen LogP contribution < -0.4 is 10.5 Å². The Labute approximate surface area is 112 Å². The van der Waals surface area contributed by atoms with Gasteiger partial charge in [-0.1, -0.05) is 24.3 Å². The van der Waals surface area contributed by atoms with Crippen LogP contribution >= 0.6 is 0 Å². The quantitative estimate of drug-likeness (QED) is 0.870. The fourth-order valence-electron chi connectivity index (χ4n) is 1.86. The van der Waals surface area contributed by atoms with Crippen LogP contribution in [0.2, 0.25) is 0 Å². The first-order valence-corrected chi connectivity index (χ1v) is 7.38. The van der Waals surface area contributed by atoms with Crippen LogP contribution in [0, 0.1) is 0 Å². The average molecular weight is 277 g/mol. The minimum atomic E-state index is -3.45. The van der Waals surface area contributed by atoms with Crippen LogP contribution in [0.5, 0.6) is 5.75 Å². The van der Waals surface area contributed by atoms with Crippen molar-refractivity contribution in [2.24, 2.45) is 0 Å². The zero-order valence-electron chi connectivity index (χ0n) is 10.5. The summed E-state index contributed by atoms with van der Waals surface area (Å²) in [6.45, 7) is 0. The fourth-order valence-corrected chi connectivity index (χ4v) is 3.37. The molecule has 0 atom stereocenters. The molecule has 0 spiro atoms. The van der Waals surface area contributed by atoms with E-state index < -0.39 is 9.84 Å². The third-order valence-electron chi connectivity index (χ3n) is 2.71. The molecule has 0 saturated heterocycles. The highest BCUT2D eigenvalue weighted by atomic mass is 32.2. The van der Waals surface area contributed by atoms with Crippen LogP contribution in [0.25, 0.3) is 0 Å². The lowest BCUT2D eigenvalue weighted by Crippen LogP contribution is -2.07. The Balaban J connectivity index is 2.38. The molecule has 2 rings (SSSR count). The van der Waals surface area contributed by atoms with Gasteiger partial charge in [0.1, 0.15) is 10.6 Å². The normalized spacial score (nSPS) is 11.2. The van der Waals surface area contributed by atoms with E-state index in [0.29, 0.717) is 17.0 Å². The second-order valence-corrected chi connectivity index (χ2v) is 6.11. The van der Waals surface area contributed by atoms with Gasteiger partial charge in [-0.15, -0.1) is 0 Å². The number of hydrogen-bond acceptors (Lipinski definition) is 4. The molecule has 0 bridgehead atoms. The first kappa shape index (κ1) is 13.4. The van der Waals surface area contributed by atoms with Gasteiger partial charge in [-0.2, -0.15) is 0 Å². The molecular weight excluding hydrogens is 262 g/mol. The molecule has 4 nitrogen and oxygen atoms in total. The van der Waals surface area contributed by atoms with Crippen molar-refractivity contribution in [3.05, 3.63) is 54.1 Å². The summed E-state index contributed by atoms with van der Waals surface area (Å²) in [4.78, 5) is 0.194. The molecule has 0 aromatic heterocycles. The molecule has 0 saturated carbocycles. The van der Waals surface area contributed by atoms with Crippen LogP contribution in [0.15, 0.2) is 53.4 Å². The van der Waals surface area contributed by atoms with Crippen molar-refractivity contribution < 1.29 is 13.2 Å². The number of hydrogen-bond donors (Lipinski definition) is 1. The van der Waals surface area contributed by atoms with Gasteiger partial charge in [0.2, 0.25) is 0 Å². The number of benzene rings is 2. The second kappa shape index (κ2) is 5.32. The summed E-state index contributed by atoms with van der Waals surface area (Å²) in [5.74, 6) is 0.254. The molecule has 0 radical (unpaired) electrons. The summed E-state index contributed by atoms with van der Waals surface area (Å²) < 4.78 is 29.8. The Bertz CT molecular complexity index is 681. The molecule has 2 aromatic rings. The SMILES string of the molecule is COc1ccccc1S(=O)(=O)Cc1cccc(N)c1. The zero-order chi connectivity index (χ0) is 13.9. The molecule has 0 amide bonds. The third-order valence-corrected chi connectivity index (χ3v) is 4.43. The maximum atomic E-state index is 12.4. The summed E-state index contributed by atoms with van der Waals surface area (Å²) in [5.41, 5.74) is 6.86. The highest BCUT2D eigenvalue weighted by molar-refractivity contribution is 7.90. The van der Waals surface area contributed by atoms with Gasteiger partial charge in [0.05, 0.1) is 12.9 Å². The first-order valence-electron chi connectivity index (χ1n) is 5.73. The van der Waals surface area contributed by atoms with Crippen LogP contribution in [-0.4, -0.2) is 15.5 Å². The molecule has 19 heavy (non-hydrogen) atoms. The lowest BCUT2D eigenvalue weighted by Gasteiger charge is -2.09. The minimum absolute atomic E-state index is 0.0988. The Morgan fingerprint density at radius 1 is 1.11 bits per heavy atom. The van der Waals surface area contributed by atoms with E-state index in [1.54, 1.807) is 48.5 Å². The molecule has 5 heteroatoms. The van der Waals surface area contributed by atoms with Gasteiger partial charge >= 0.3 is 0 Å². The summed E-state index contributed by atoms with van der Waals surface area (Å²) in [7, 11) is -2.00. The van der Waals surface area contributed by atoms with Crippen molar-refractivity contribution >= 4 is 15.5 Å². The first-order chi connectivity index (χ1) is 9.03. The topological polar surface area (TPSA) is 69.4 Å². The second-order valence-electron chi connectivity index (χ2n) is 4.15. The van der Waals surface area contributed by atoms with Crippen molar-refractivity contribution in [2.75, 3.05) is 12.8 Å². The summed E-state index contributed by atoms with van der Waals surface area (Å²) in [5, 5.41) is 0. The minimum Gasteiger partial charge on any atom is -0.495 e. The largest absolute Gasteiger partial charge is 0.495 e. The Hall–Kier alpha value is -2.01. The van der Waals surface area contributed by atoms with Gasteiger partial charge in [-0.05, 0) is 29.8 Å². The lowest BCUT2D eigenvalue weighted by atomic mass is 10.2. The standard InChI is InChI=1S/C14H15NO3S/c1-18-13-7-2-3-8-14(13)19(16,17)10-11-5-4-6-12(15)9-11/h2-9H,10,15H2,1H3. The maximum Gasteiger partial charge on any atom is 0.186 e. The number of sulfone groups is 1. The van der Waals surface area contributed by atoms with E-state index in [9.17, 15) is 8.42 Å². The summed E-state index contributed by atoms with van der Waals surface area (Å²) >= 11 is 0. The van der Waals surface area contributed by atoms with Crippen molar-refractivity contribution in [3.63, 3.8) is 0 Å². The molecule has 2 N–H and O–H groups in total. The third kappa shape index (κ3) is 3.06. The fraction of sp³-hybridized carbons (Fsp3) is 0.143. The molecule has 0 heterocycles. The van der Waals surface area contributed by atoms with E-state index >= 15 is 0 Å². The van der Waals surface area contributed by atoms with Crippen LogP contribution in [0.4, 0.5) is 5.69 Å². The van der Waals surface area contributed by atoms with Gasteiger partial charge in [0, 0.05) is 5.69 Å². The van der Waals surface area contributed by atoms with E-state index in [4.69, 9.17) is 10.5 Å². The smallest absolute Gasteiger partial charge is 0.186 e. The Kier molecular flexibility index (Phi) is 3.76. The summed E-state index contributed by atoms with van der Waals surface area (Å²) in [6.07, 6.45) is 0. The van der Waals surface area contributed by atoms with E-state index in [1.165, 1.54) is 7.11 Å². The predicted octanol–water partition coefficient (Wildman–Crippen LogP) is 2.25. The van der Waals surface area contributed by atoms with Crippen molar-refractivity contribution in [2.45, 2.75) is 10.6 Å². The predicted molar refractivity (Wildman–Crippen MR) is 74.7 cm³/mol. The highest BCUT2D eigenvalue weighted by Gasteiger charge is 2.19. The van der Waals surface area contributed by atoms with Crippen molar-refractivity contribution in [1.82, 2.24) is 0 Å². The van der Waals surface area contributed by atoms with E-state index in [1.807, 2.05) is 0 Å². The Morgan fingerprint density at radius 2 is 1.84 bits per heavy atom. The number of methoxy groups -OCH3 is 1. The van der Waals surface area contributed by atoms with Gasteiger partial charge in [0.25, 0.3) is 0 Å². The zero-order valence-corrected chi connectivity index (χ0v) is 11.4.